The first-order valence-corrected chi connectivity index (χ1v) is 9.42. The molecule has 0 saturated carbocycles. The highest BCUT2D eigenvalue weighted by atomic mass is 32.1. The Morgan fingerprint density at radius 1 is 1.43 bits per heavy atom. The summed E-state index contributed by atoms with van der Waals surface area (Å²) in [5.41, 5.74) is 0.897. The molecule has 1 saturated heterocycles. The van der Waals surface area contributed by atoms with E-state index in [2.05, 4.69) is 24.1 Å². The Morgan fingerprint density at radius 3 is 2.87 bits per heavy atom. The van der Waals surface area contributed by atoms with Crippen molar-refractivity contribution >= 4 is 23.2 Å². The molecule has 23 heavy (non-hydrogen) atoms. The molecule has 128 valence electrons. The highest BCUT2D eigenvalue weighted by molar-refractivity contribution is 7.09. The summed E-state index contributed by atoms with van der Waals surface area (Å²) in [5.74, 6) is 0.460. The second-order valence-electron chi connectivity index (χ2n) is 6.40. The fourth-order valence-electron chi connectivity index (χ4n) is 2.82. The molecule has 1 fully saturated rings. The molecule has 0 aliphatic carbocycles. The molecule has 2 amide bonds. The first-order valence-electron chi connectivity index (χ1n) is 8.54. The molecule has 1 aliphatic rings. The van der Waals surface area contributed by atoms with Crippen LogP contribution in [0.3, 0.4) is 0 Å². The van der Waals surface area contributed by atoms with Crippen molar-refractivity contribution in [1.82, 2.24) is 15.2 Å². The standard InChI is InChI=1S/C17H27N3O2S/c1-4-7-15(21)20-9-6-5-8-14(20)16(22)18-10-13-11-23-17(19-13)12(2)3/h11-12,14H,4-10H2,1-3H3,(H,18,22)/t14-/m1/s1. The van der Waals surface area contributed by atoms with Gasteiger partial charge in [0.25, 0.3) is 0 Å². The quantitative estimate of drug-likeness (QED) is 0.868. The molecular weight excluding hydrogens is 310 g/mol. The zero-order valence-corrected chi connectivity index (χ0v) is 15.1. The second-order valence-corrected chi connectivity index (χ2v) is 7.29. The number of hydrogen-bond donors (Lipinski definition) is 1. The van der Waals surface area contributed by atoms with E-state index < -0.39 is 0 Å². The number of nitrogens with one attached hydrogen (secondary N) is 1. The average Bonchev–Trinajstić information content (AvgIpc) is 3.02. The number of carbonyl (C=O) groups excluding carboxylic acids is 2. The highest BCUT2D eigenvalue weighted by Crippen LogP contribution is 2.20. The summed E-state index contributed by atoms with van der Waals surface area (Å²) in [6, 6.07) is -0.314. The minimum absolute atomic E-state index is 0.0479. The van der Waals surface area contributed by atoms with Crippen molar-refractivity contribution in [3.8, 4) is 0 Å². The summed E-state index contributed by atoms with van der Waals surface area (Å²) in [5, 5.41) is 6.05. The van der Waals surface area contributed by atoms with E-state index in [0.717, 1.165) is 36.4 Å². The van der Waals surface area contributed by atoms with Gasteiger partial charge in [-0.3, -0.25) is 9.59 Å². The first kappa shape index (κ1) is 17.9. The van der Waals surface area contributed by atoms with E-state index >= 15 is 0 Å². The topological polar surface area (TPSA) is 62.3 Å². The lowest BCUT2D eigenvalue weighted by Crippen LogP contribution is -2.51. The molecule has 2 rings (SSSR count). The number of piperidine rings is 1. The number of hydrogen-bond acceptors (Lipinski definition) is 4. The maximum atomic E-state index is 12.5. The Morgan fingerprint density at radius 2 is 2.22 bits per heavy atom. The molecule has 0 bridgehead atoms. The Bertz CT molecular complexity index is 542. The molecule has 5 nitrogen and oxygen atoms in total. The van der Waals surface area contributed by atoms with E-state index in [9.17, 15) is 9.59 Å². The first-order chi connectivity index (χ1) is 11.0. The van der Waals surface area contributed by atoms with Gasteiger partial charge in [-0.25, -0.2) is 4.98 Å². The van der Waals surface area contributed by atoms with Crippen molar-refractivity contribution in [2.24, 2.45) is 0 Å². The molecule has 1 aromatic rings. The van der Waals surface area contributed by atoms with Crippen LogP contribution in [0.2, 0.25) is 0 Å². The Kier molecular flexibility index (Phi) is 6.57. The normalized spacial score (nSPS) is 18.3. The zero-order valence-electron chi connectivity index (χ0n) is 14.3. The smallest absolute Gasteiger partial charge is 0.243 e. The lowest BCUT2D eigenvalue weighted by atomic mass is 10.0. The fraction of sp³-hybridized carbons (Fsp3) is 0.706. The van der Waals surface area contributed by atoms with Crippen LogP contribution in [-0.4, -0.2) is 34.3 Å². The Hall–Kier alpha value is -1.43. The molecule has 1 atom stereocenters. The monoisotopic (exact) mass is 337 g/mol. The van der Waals surface area contributed by atoms with Crippen molar-refractivity contribution in [2.75, 3.05) is 6.54 Å². The fourth-order valence-corrected chi connectivity index (χ4v) is 3.66. The van der Waals surface area contributed by atoms with Crippen molar-refractivity contribution in [2.45, 2.75) is 71.4 Å². The van der Waals surface area contributed by atoms with Crippen LogP contribution in [0.4, 0.5) is 0 Å². The van der Waals surface area contributed by atoms with Gasteiger partial charge in [0.1, 0.15) is 6.04 Å². The van der Waals surface area contributed by atoms with Crippen LogP contribution in [0.5, 0.6) is 0 Å². The molecular formula is C17H27N3O2S. The van der Waals surface area contributed by atoms with E-state index in [1.54, 1.807) is 16.2 Å². The third kappa shape index (κ3) is 4.77. The number of aromatic nitrogens is 1. The summed E-state index contributed by atoms with van der Waals surface area (Å²) in [6.45, 7) is 7.35. The van der Waals surface area contributed by atoms with Gasteiger partial charge in [-0.1, -0.05) is 20.8 Å². The number of nitrogens with zero attached hydrogens (tertiary/aromatic N) is 2. The molecule has 0 unspecified atom stereocenters. The van der Waals surface area contributed by atoms with Crippen molar-refractivity contribution in [3.63, 3.8) is 0 Å². The van der Waals surface area contributed by atoms with E-state index in [0.29, 0.717) is 25.4 Å². The van der Waals surface area contributed by atoms with E-state index in [1.165, 1.54) is 0 Å². The predicted octanol–water partition coefficient (Wildman–Crippen LogP) is 3.06. The largest absolute Gasteiger partial charge is 0.349 e. The zero-order chi connectivity index (χ0) is 16.8. The molecule has 2 heterocycles. The van der Waals surface area contributed by atoms with Gasteiger partial charge < -0.3 is 10.2 Å². The Balaban J connectivity index is 1.93. The number of rotatable bonds is 6. The van der Waals surface area contributed by atoms with Crippen LogP contribution in [0.25, 0.3) is 0 Å². The van der Waals surface area contributed by atoms with Crippen LogP contribution < -0.4 is 5.32 Å². The maximum absolute atomic E-state index is 12.5. The van der Waals surface area contributed by atoms with Gasteiger partial charge in [-0.2, -0.15) is 0 Å². The third-order valence-electron chi connectivity index (χ3n) is 4.10. The van der Waals surface area contributed by atoms with Crippen LogP contribution in [-0.2, 0) is 16.1 Å². The molecule has 0 radical (unpaired) electrons. The minimum atomic E-state index is -0.314. The summed E-state index contributed by atoms with van der Waals surface area (Å²) in [6.07, 6.45) is 4.09. The highest BCUT2D eigenvalue weighted by Gasteiger charge is 2.31. The number of thiazole rings is 1. The van der Waals surface area contributed by atoms with Gasteiger partial charge in [0.05, 0.1) is 17.2 Å². The predicted molar refractivity (Wildman–Crippen MR) is 92.3 cm³/mol. The minimum Gasteiger partial charge on any atom is -0.349 e. The van der Waals surface area contributed by atoms with Crippen molar-refractivity contribution in [1.29, 1.82) is 0 Å². The van der Waals surface area contributed by atoms with E-state index in [1.807, 2.05) is 12.3 Å². The van der Waals surface area contributed by atoms with E-state index in [-0.39, 0.29) is 17.9 Å². The lowest BCUT2D eigenvalue weighted by Gasteiger charge is -2.34. The molecule has 1 N–H and O–H groups in total. The van der Waals surface area contributed by atoms with Gasteiger partial charge in [0, 0.05) is 24.3 Å². The van der Waals surface area contributed by atoms with E-state index in [4.69, 9.17) is 0 Å². The Labute approximate surface area is 142 Å². The van der Waals surface area contributed by atoms with Gasteiger partial charge in [0.15, 0.2) is 0 Å². The van der Waals surface area contributed by atoms with Crippen LogP contribution in [0.15, 0.2) is 5.38 Å². The van der Waals surface area contributed by atoms with Gasteiger partial charge in [-0.05, 0) is 25.7 Å². The second kappa shape index (κ2) is 8.43. The van der Waals surface area contributed by atoms with Crippen LogP contribution in [0.1, 0.15) is 69.5 Å². The van der Waals surface area contributed by atoms with Crippen LogP contribution >= 0.6 is 11.3 Å². The average molecular weight is 337 g/mol. The number of carbonyl (C=O) groups is 2. The van der Waals surface area contributed by atoms with Gasteiger partial charge in [-0.15, -0.1) is 11.3 Å². The van der Waals surface area contributed by atoms with Crippen molar-refractivity contribution < 1.29 is 9.59 Å². The third-order valence-corrected chi connectivity index (χ3v) is 5.29. The lowest BCUT2D eigenvalue weighted by molar-refractivity contribution is -0.142. The summed E-state index contributed by atoms with van der Waals surface area (Å²) in [4.78, 5) is 31.0. The summed E-state index contributed by atoms with van der Waals surface area (Å²) >= 11 is 1.63. The molecule has 0 spiro atoms. The van der Waals surface area contributed by atoms with Gasteiger partial charge >= 0.3 is 0 Å². The van der Waals surface area contributed by atoms with Gasteiger partial charge in [0.2, 0.25) is 11.8 Å². The number of amides is 2. The van der Waals surface area contributed by atoms with Crippen molar-refractivity contribution in [3.05, 3.63) is 16.1 Å². The summed E-state index contributed by atoms with van der Waals surface area (Å²) < 4.78 is 0. The molecule has 1 aromatic heterocycles. The SMILES string of the molecule is CCCC(=O)N1CCCC[C@@H]1C(=O)NCc1csc(C(C)C)n1. The maximum Gasteiger partial charge on any atom is 0.243 e. The molecule has 6 heteroatoms. The molecule has 1 aliphatic heterocycles. The molecule has 0 aromatic carbocycles. The van der Waals surface area contributed by atoms with Crippen LogP contribution in [0, 0.1) is 0 Å². The summed E-state index contributed by atoms with van der Waals surface area (Å²) in [7, 11) is 0. The number of likely N-dealkylation sites (tertiary alicyclic amines) is 1.